The third-order valence-electron chi connectivity index (χ3n) is 2.24. The number of hydrogen-bond acceptors (Lipinski definition) is 8. The molecule has 0 bridgehead atoms. The van der Waals surface area contributed by atoms with Crippen LogP contribution < -0.4 is 19.9 Å². The van der Waals surface area contributed by atoms with E-state index in [0.29, 0.717) is 0 Å². The van der Waals surface area contributed by atoms with E-state index in [0.717, 1.165) is 12.1 Å². The zero-order valence-corrected chi connectivity index (χ0v) is 10.4. The molecular weight excluding hydrogens is 276 g/mol. The lowest BCUT2D eigenvalue weighted by molar-refractivity contribution is -0.996. The van der Waals surface area contributed by atoms with Crippen molar-refractivity contribution in [2.24, 2.45) is 0 Å². The van der Waals surface area contributed by atoms with Crippen molar-refractivity contribution in [2.45, 2.75) is 0 Å². The largest absolute Gasteiger partial charge is 0.595 e. The topological polar surface area (TPSA) is 154 Å². The average Bonchev–Trinajstić information content (AvgIpc) is 2.41. The van der Waals surface area contributed by atoms with Crippen molar-refractivity contribution < 1.29 is 40.6 Å². The lowest BCUT2D eigenvalue weighted by Crippen LogP contribution is -3.00. The maximum atomic E-state index is 11.1. The van der Waals surface area contributed by atoms with Gasteiger partial charge < -0.3 is 30.1 Å². The predicted octanol–water partition coefficient (Wildman–Crippen LogP) is -2.76. The Morgan fingerprint density at radius 2 is 1.25 bits per heavy atom. The molecule has 0 aliphatic heterocycles. The van der Waals surface area contributed by atoms with Gasteiger partial charge in [-0.3, -0.25) is 0 Å². The molecule has 6 N–H and O–H groups in total. The SMILES string of the molecule is [O-][NH+](O)c1cc([NH+]([O-])O)c(OCCO)cc1OCCO. The maximum Gasteiger partial charge on any atom is 0.212 e. The molecule has 1 aromatic rings. The van der Waals surface area contributed by atoms with Crippen molar-refractivity contribution >= 4 is 11.4 Å². The van der Waals surface area contributed by atoms with E-state index in [1.165, 1.54) is 0 Å². The Bertz CT molecular complexity index is 391. The first kappa shape index (κ1) is 16.6. The van der Waals surface area contributed by atoms with Gasteiger partial charge in [0.15, 0.2) is 11.5 Å². The molecule has 1 rings (SSSR count). The van der Waals surface area contributed by atoms with Crippen LogP contribution in [0.25, 0.3) is 0 Å². The molecule has 0 radical (unpaired) electrons. The van der Waals surface area contributed by atoms with Crippen LogP contribution in [0.15, 0.2) is 12.1 Å². The van der Waals surface area contributed by atoms with Crippen LogP contribution in [0.2, 0.25) is 0 Å². The standard InChI is InChI=1S/C10H16N2O8/c13-1-3-19-9-6-10(20-4-2-14)8(12(17)18)5-7(9)11(15)16/h5-6,11-15,17H,1-4H2. The van der Waals surface area contributed by atoms with Gasteiger partial charge in [0.1, 0.15) is 13.2 Å². The van der Waals surface area contributed by atoms with E-state index in [1.54, 1.807) is 0 Å². The Morgan fingerprint density at radius 1 is 0.850 bits per heavy atom. The molecule has 0 heterocycles. The third-order valence-corrected chi connectivity index (χ3v) is 2.24. The summed E-state index contributed by atoms with van der Waals surface area (Å²) in [4.78, 5) is 0. The lowest BCUT2D eigenvalue weighted by Gasteiger charge is -2.21. The molecule has 2 atom stereocenters. The van der Waals surface area contributed by atoms with Crippen LogP contribution in [0.3, 0.4) is 0 Å². The monoisotopic (exact) mass is 292 g/mol. The first-order valence-electron chi connectivity index (χ1n) is 5.63. The van der Waals surface area contributed by atoms with Crippen LogP contribution >= 0.6 is 0 Å². The van der Waals surface area contributed by atoms with E-state index < -0.39 is 10.5 Å². The molecule has 0 aromatic heterocycles. The second kappa shape index (κ2) is 7.94. The highest BCUT2D eigenvalue weighted by atomic mass is 16.8. The summed E-state index contributed by atoms with van der Waals surface area (Å²) in [5.41, 5.74) is -0.709. The Labute approximate surface area is 113 Å². The van der Waals surface area contributed by atoms with Crippen molar-refractivity contribution in [1.29, 1.82) is 0 Å². The second-order valence-corrected chi connectivity index (χ2v) is 3.60. The first-order chi connectivity index (χ1) is 9.51. The smallest absolute Gasteiger partial charge is 0.212 e. The zero-order valence-electron chi connectivity index (χ0n) is 10.4. The van der Waals surface area contributed by atoms with Gasteiger partial charge >= 0.3 is 0 Å². The van der Waals surface area contributed by atoms with E-state index in [1.807, 2.05) is 0 Å². The molecule has 2 unspecified atom stereocenters. The molecule has 0 saturated carbocycles. The van der Waals surface area contributed by atoms with Crippen LogP contribution in [0, 0.1) is 10.4 Å². The van der Waals surface area contributed by atoms with Gasteiger partial charge in [-0.1, -0.05) is 0 Å². The summed E-state index contributed by atoms with van der Waals surface area (Å²) in [6.07, 6.45) is 0. The Balaban J connectivity index is 3.20. The normalized spacial score (nSPS) is 13.9. The molecule has 1 aromatic carbocycles. The quantitative estimate of drug-likeness (QED) is 0.281. The third kappa shape index (κ3) is 4.26. The molecule has 10 heteroatoms. The summed E-state index contributed by atoms with van der Waals surface area (Å²) < 4.78 is 10.1. The number of quaternary nitrogens is 2. The van der Waals surface area contributed by atoms with Gasteiger partial charge in [-0.25, -0.2) is 10.4 Å². The highest BCUT2D eigenvalue weighted by molar-refractivity contribution is 5.61. The Hall–Kier alpha value is -1.50. The minimum absolute atomic E-state index is 0.121. The number of aliphatic hydroxyl groups excluding tert-OH is 2. The molecule has 0 amide bonds. The molecule has 114 valence electrons. The van der Waals surface area contributed by atoms with Gasteiger partial charge in [0, 0.05) is 6.07 Å². The molecule has 10 nitrogen and oxygen atoms in total. The molecule has 0 saturated heterocycles. The second-order valence-electron chi connectivity index (χ2n) is 3.60. The summed E-state index contributed by atoms with van der Waals surface area (Å²) in [5, 5.41) is 54.8. The fourth-order valence-electron chi connectivity index (χ4n) is 1.45. The van der Waals surface area contributed by atoms with Crippen molar-refractivity contribution in [3.63, 3.8) is 0 Å². The fraction of sp³-hybridized carbons (Fsp3) is 0.400. The maximum absolute atomic E-state index is 11.1. The summed E-state index contributed by atoms with van der Waals surface area (Å²) in [5.74, 6) is -0.242. The summed E-state index contributed by atoms with van der Waals surface area (Å²) in [6.45, 7) is -0.947. The van der Waals surface area contributed by atoms with Crippen LogP contribution in [0.4, 0.5) is 11.4 Å². The molecule has 0 aliphatic carbocycles. The summed E-state index contributed by atoms with van der Waals surface area (Å²) >= 11 is 0. The molecule has 0 aliphatic rings. The van der Waals surface area contributed by atoms with Crippen LogP contribution in [-0.4, -0.2) is 47.1 Å². The van der Waals surface area contributed by atoms with E-state index in [9.17, 15) is 10.4 Å². The number of benzene rings is 1. The first-order valence-corrected chi connectivity index (χ1v) is 5.63. The van der Waals surface area contributed by atoms with Gasteiger partial charge in [-0.2, -0.15) is 10.5 Å². The van der Waals surface area contributed by atoms with Gasteiger partial charge in [-0.15, -0.1) is 0 Å². The number of rotatable bonds is 8. The van der Waals surface area contributed by atoms with Gasteiger partial charge in [0.05, 0.1) is 19.3 Å². The number of hydrogen-bond donors (Lipinski definition) is 6. The van der Waals surface area contributed by atoms with Gasteiger partial charge in [-0.05, 0) is 0 Å². The lowest BCUT2D eigenvalue weighted by atomic mass is 10.2. The van der Waals surface area contributed by atoms with Crippen molar-refractivity contribution in [1.82, 2.24) is 0 Å². The molecule has 20 heavy (non-hydrogen) atoms. The number of nitrogens with one attached hydrogen (secondary N) is 2. The summed E-state index contributed by atoms with van der Waals surface area (Å²) in [6, 6.07) is 2.02. The predicted molar refractivity (Wildman–Crippen MR) is 63.2 cm³/mol. The number of ether oxygens (including phenoxy) is 2. The van der Waals surface area contributed by atoms with Crippen LogP contribution in [0.1, 0.15) is 0 Å². The van der Waals surface area contributed by atoms with E-state index in [2.05, 4.69) is 0 Å². The molecular formula is C10H16N2O8. The van der Waals surface area contributed by atoms with Crippen LogP contribution in [0.5, 0.6) is 11.5 Å². The van der Waals surface area contributed by atoms with Crippen LogP contribution in [-0.2, 0) is 0 Å². The average molecular weight is 292 g/mol. The van der Waals surface area contributed by atoms with Crippen molar-refractivity contribution in [3.05, 3.63) is 22.5 Å². The number of aliphatic hydroxyl groups is 2. The highest BCUT2D eigenvalue weighted by Crippen LogP contribution is 2.32. The van der Waals surface area contributed by atoms with Crippen molar-refractivity contribution in [3.8, 4) is 11.5 Å². The van der Waals surface area contributed by atoms with E-state index in [4.69, 9.17) is 30.1 Å². The minimum Gasteiger partial charge on any atom is -0.595 e. The van der Waals surface area contributed by atoms with E-state index in [-0.39, 0.29) is 49.3 Å². The summed E-state index contributed by atoms with van der Waals surface area (Å²) in [7, 11) is 0. The Kier molecular flexibility index (Phi) is 6.57. The zero-order chi connectivity index (χ0) is 15.1. The van der Waals surface area contributed by atoms with Gasteiger partial charge in [0.25, 0.3) is 0 Å². The minimum atomic E-state index is -1.37. The molecule has 0 fully saturated rings. The van der Waals surface area contributed by atoms with Gasteiger partial charge in [0.2, 0.25) is 11.4 Å². The van der Waals surface area contributed by atoms with E-state index >= 15 is 0 Å². The Morgan fingerprint density at radius 3 is 1.55 bits per heavy atom. The van der Waals surface area contributed by atoms with Crippen molar-refractivity contribution in [2.75, 3.05) is 26.4 Å². The molecule has 0 spiro atoms. The highest BCUT2D eigenvalue weighted by Gasteiger charge is 2.21. The fourth-order valence-corrected chi connectivity index (χ4v) is 1.45.